The number of nitrogens with one attached hydrogen (secondary N) is 1. The van der Waals surface area contributed by atoms with Gasteiger partial charge in [0, 0.05) is 32.1 Å². The van der Waals surface area contributed by atoms with Gasteiger partial charge in [0.25, 0.3) is 5.56 Å². The number of thiazole rings is 1. The molecule has 0 bridgehead atoms. The summed E-state index contributed by atoms with van der Waals surface area (Å²) >= 11 is 7.34. The van der Waals surface area contributed by atoms with Crippen molar-refractivity contribution in [3.63, 3.8) is 0 Å². The van der Waals surface area contributed by atoms with E-state index in [1.165, 1.54) is 31.8 Å². The fourth-order valence-electron chi connectivity index (χ4n) is 4.05. The van der Waals surface area contributed by atoms with Crippen molar-refractivity contribution in [1.29, 1.82) is 0 Å². The highest BCUT2D eigenvalue weighted by atomic mass is 35.5. The molecule has 4 aromatic rings. The van der Waals surface area contributed by atoms with Gasteiger partial charge in [-0.05, 0) is 30.9 Å². The summed E-state index contributed by atoms with van der Waals surface area (Å²) in [4.78, 5) is 54.9. The van der Waals surface area contributed by atoms with E-state index in [0.717, 1.165) is 37.9 Å². The molecule has 37 heavy (non-hydrogen) atoms. The third-order valence-electron chi connectivity index (χ3n) is 6.22. The Bertz CT molecular complexity index is 1720. The Kier molecular flexibility index (Phi) is 6.28. The summed E-state index contributed by atoms with van der Waals surface area (Å²) in [5.41, 5.74) is -1.08. The minimum Gasteiger partial charge on any atom is -0.489 e. The molecular weight excluding hydrogens is 527 g/mol. The Morgan fingerprint density at radius 3 is 2.54 bits per heavy atom. The van der Waals surface area contributed by atoms with E-state index in [9.17, 15) is 23.6 Å². The molecule has 1 aliphatic carbocycles. The number of rotatable bonds is 7. The predicted molar refractivity (Wildman–Crippen MR) is 137 cm³/mol. The number of aromatic nitrogens is 5. The number of aryl methyl sites for hydroxylation is 2. The zero-order chi connectivity index (χ0) is 26.6. The van der Waals surface area contributed by atoms with Gasteiger partial charge in [-0.15, -0.1) is 11.3 Å². The van der Waals surface area contributed by atoms with Crippen LogP contribution < -0.4 is 27.0 Å². The molecular formula is C23H22ClFN6O5S. The molecule has 1 saturated carbocycles. The Hall–Kier alpha value is -3.71. The molecule has 14 heteroatoms. The number of hydrogen-bond acceptors (Lipinski definition) is 7. The van der Waals surface area contributed by atoms with Crippen LogP contribution in [0, 0.1) is 11.7 Å². The highest BCUT2D eigenvalue weighted by molar-refractivity contribution is 7.14. The molecule has 1 aliphatic rings. The number of benzene rings is 1. The summed E-state index contributed by atoms with van der Waals surface area (Å²) in [7, 11) is 4.15. The molecule has 0 atom stereocenters. The first-order valence-corrected chi connectivity index (χ1v) is 12.6. The number of carbonyl (C=O) groups is 1. The average molecular weight is 549 g/mol. The molecule has 1 aromatic carbocycles. The summed E-state index contributed by atoms with van der Waals surface area (Å²) in [5, 5.41) is 4.55. The zero-order valence-corrected chi connectivity index (χ0v) is 21.7. The molecule has 11 nitrogen and oxygen atoms in total. The van der Waals surface area contributed by atoms with Crippen molar-refractivity contribution < 1.29 is 13.9 Å². The van der Waals surface area contributed by atoms with E-state index >= 15 is 0 Å². The second kappa shape index (κ2) is 9.30. The van der Waals surface area contributed by atoms with Crippen molar-refractivity contribution in [3.8, 4) is 17.0 Å². The van der Waals surface area contributed by atoms with Gasteiger partial charge in [-0.3, -0.25) is 27.9 Å². The van der Waals surface area contributed by atoms with E-state index in [0.29, 0.717) is 23.8 Å². The smallest absolute Gasteiger partial charge is 0.332 e. The van der Waals surface area contributed by atoms with Crippen molar-refractivity contribution in [2.24, 2.45) is 27.1 Å². The van der Waals surface area contributed by atoms with E-state index in [4.69, 9.17) is 16.3 Å². The summed E-state index contributed by atoms with van der Waals surface area (Å²) in [5.74, 6) is -0.766. The van der Waals surface area contributed by atoms with Gasteiger partial charge in [0.15, 0.2) is 27.9 Å². The molecule has 5 rings (SSSR count). The number of imidazole rings is 1. The number of anilines is 1. The first-order chi connectivity index (χ1) is 17.6. The SMILES string of the molecule is Cn1c(=O)c2c(n(C)c1=O)n(C)c(=O)n2CC(=O)Nc1nc(-c2cc(F)c(OCC3CC3)c(Cl)c2)cs1. The van der Waals surface area contributed by atoms with Gasteiger partial charge in [-0.2, -0.15) is 0 Å². The van der Waals surface area contributed by atoms with Crippen LogP contribution in [0.1, 0.15) is 12.8 Å². The van der Waals surface area contributed by atoms with E-state index in [1.54, 1.807) is 11.4 Å². The largest absolute Gasteiger partial charge is 0.489 e. The van der Waals surface area contributed by atoms with Crippen LogP contribution in [0.4, 0.5) is 9.52 Å². The first-order valence-electron chi connectivity index (χ1n) is 11.3. The maximum absolute atomic E-state index is 14.6. The second-order valence-corrected chi connectivity index (χ2v) is 10.2. The van der Waals surface area contributed by atoms with Gasteiger partial charge in [-0.1, -0.05) is 11.6 Å². The first kappa shape index (κ1) is 25.0. The Labute approximate surface area is 217 Å². The maximum atomic E-state index is 14.6. The molecule has 0 aliphatic heterocycles. The third-order valence-corrected chi connectivity index (χ3v) is 7.26. The summed E-state index contributed by atoms with van der Waals surface area (Å²) < 4.78 is 24.3. The van der Waals surface area contributed by atoms with Crippen molar-refractivity contribution >= 4 is 45.1 Å². The van der Waals surface area contributed by atoms with Crippen LogP contribution in [0.15, 0.2) is 31.9 Å². The minimum absolute atomic E-state index is 0.00486. The number of nitrogens with zero attached hydrogens (tertiary/aromatic N) is 5. The number of ether oxygens (including phenoxy) is 1. The lowest BCUT2D eigenvalue weighted by atomic mass is 10.1. The van der Waals surface area contributed by atoms with Crippen molar-refractivity contribution in [3.05, 3.63) is 59.7 Å². The molecule has 0 saturated heterocycles. The fraction of sp³-hybridized carbons (Fsp3) is 0.348. The Morgan fingerprint density at radius 1 is 1.16 bits per heavy atom. The lowest BCUT2D eigenvalue weighted by Gasteiger charge is -2.10. The molecule has 0 radical (unpaired) electrons. The van der Waals surface area contributed by atoms with E-state index in [-0.39, 0.29) is 27.1 Å². The normalized spacial score (nSPS) is 13.3. The van der Waals surface area contributed by atoms with Crippen LogP contribution in [0.25, 0.3) is 22.4 Å². The zero-order valence-electron chi connectivity index (χ0n) is 20.1. The Morgan fingerprint density at radius 2 is 1.86 bits per heavy atom. The molecule has 1 amide bonds. The van der Waals surface area contributed by atoms with Crippen LogP contribution in [0.2, 0.25) is 5.02 Å². The number of carbonyl (C=O) groups excluding carboxylic acids is 1. The topological polar surface area (TPSA) is 122 Å². The lowest BCUT2D eigenvalue weighted by molar-refractivity contribution is -0.116. The van der Waals surface area contributed by atoms with Crippen molar-refractivity contribution in [1.82, 2.24) is 23.3 Å². The molecule has 1 fully saturated rings. The maximum Gasteiger partial charge on any atom is 0.332 e. The molecule has 194 valence electrons. The van der Waals surface area contributed by atoms with Crippen molar-refractivity contribution in [2.45, 2.75) is 19.4 Å². The van der Waals surface area contributed by atoms with Gasteiger partial charge in [0.05, 0.1) is 17.3 Å². The highest BCUT2D eigenvalue weighted by Crippen LogP contribution is 2.36. The van der Waals surface area contributed by atoms with Crippen LogP contribution in [0.5, 0.6) is 5.75 Å². The molecule has 3 heterocycles. The summed E-state index contributed by atoms with van der Waals surface area (Å²) in [6.45, 7) is -0.0585. The lowest BCUT2D eigenvalue weighted by Crippen LogP contribution is -2.38. The third kappa shape index (κ3) is 4.48. The fourth-order valence-corrected chi connectivity index (χ4v) is 5.05. The van der Waals surface area contributed by atoms with E-state index in [2.05, 4.69) is 10.3 Å². The van der Waals surface area contributed by atoms with E-state index in [1.807, 2.05) is 0 Å². The standard InChI is InChI=1S/C23H22ClFN6O5S/c1-28-19-17(20(33)30(3)22(28)34)31(23(35)29(19)2)8-16(32)27-21-26-15(10-37-21)12-6-13(24)18(14(25)7-12)36-9-11-4-5-11/h6-7,10-11H,4-5,8-9H2,1-3H3,(H,26,27,32). The van der Waals surface area contributed by atoms with Crippen LogP contribution in [0.3, 0.4) is 0 Å². The number of amides is 1. The van der Waals surface area contributed by atoms with E-state index < -0.39 is 35.2 Å². The van der Waals surface area contributed by atoms with Gasteiger partial charge in [-0.25, -0.2) is 19.0 Å². The van der Waals surface area contributed by atoms with Gasteiger partial charge in [0.2, 0.25) is 5.91 Å². The molecule has 0 unspecified atom stereocenters. The number of halogens is 2. The quantitative estimate of drug-likeness (QED) is 0.377. The minimum atomic E-state index is -0.691. The number of hydrogen-bond donors (Lipinski definition) is 1. The number of fused-ring (bicyclic) bond motifs is 1. The average Bonchev–Trinajstić information content (AvgIpc) is 3.51. The highest BCUT2D eigenvalue weighted by Gasteiger charge is 2.24. The summed E-state index contributed by atoms with van der Waals surface area (Å²) in [6, 6.07) is 2.81. The van der Waals surface area contributed by atoms with Crippen molar-refractivity contribution in [2.75, 3.05) is 11.9 Å². The molecule has 1 N–H and O–H groups in total. The van der Waals surface area contributed by atoms with Crippen LogP contribution >= 0.6 is 22.9 Å². The van der Waals surface area contributed by atoms with Crippen LogP contribution in [-0.2, 0) is 32.5 Å². The van der Waals surface area contributed by atoms with Gasteiger partial charge in [0.1, 0.15) is 6.54 Å². The Balaban J connectivity index is 1.37. The predicted octanol–water partition coefficient (Wildman–Crippen LogP) is 2.08. The summed E-state index contributed by atoms with van der Waals surface area (Å²) in [6.07, 6.45) is 2.13. The van der Waals surface area contributed by atoms with Gasteiger partial charge < -0.3 is 10.1 Å². The monoisotopic (exact) mass is 548 g/mol. The van der Waals surface area contributed by atoms with Gasteiger partial charge >= 0.3 is 11.4 Å². The second-order valence-electron chi connectivity index (χ2n) is 8.92. The van der Waals surface area contributed by atoms with Crippen LogP contribution in [-0.4, -0.2) is 35.8 Å². The molecule has 0 spiro atoms. The molecule has 3 aromatic heterocycles.